The van der Waals surface area contributed by atoms with Crippen LogP contribution >= 0.6 is 0 Å². The first-order valence-electron chi connectivity index (χ1n) is 4.17. The predicted molar refractivity (Wildman–Crippen MR) is 44.3 cm³/mol. The molecule has 0 spiro atoms. The normalized spacial score (nSPS) is 38.6. The molecule has 11 heavy (non-hydrogen) atoms. The molecule has 0 aromatic carbocycles. The van der Waals surface area contributed by atoms with Gasteiger partial charge in [0.05, 0.1) is 18.8 Å². The maximum atomic E-state index is 8.52. The quantitative estimate of drug-likeness (QED) is 0.611. The van der Waals surface area contributed by atoms with Crippen LogP contribution in [0.4, 0.5) is 0 Å². The fourth-order valence-corrected chi connectivity index (χ4v) is 1.36. The van der Waals surface area contributed by atoms with Gasteiger partial charge < -0.3 is 9.84 Å². The Bertz CT molecular complexity index is 132. The van der Waals surface area contributed by atoms with Crippen molar-refractivity contribution in [1.29, 1.82) is 0 Å². The summed E-state index contributed by atoms with van der Waals surface area (Å²) < 4.78 is 5.58. The van der Waals surface area contributed by atoms with Crippen LogP contribution in [-0.2, 0) is 4.74 Å². The Balaban J connectivity index is 2.35. The molecule has 64 valence electrons. The van der Waals surface area contributed by atoms with Crippen molar-refractivity contribution in [2.75, 3.05) is 6.61 Å². The average Bonchev–Trinajstić information content (AvgIpc) is 2.28. The Morgan fingerprint density at radius 2 is 2.27 bits per heavy atom. The minimum atomic E-state index is 0.114. The van der Waals surface area contributed by atoms with Crippen LogP contribution in [0.5, 0.6) is 0 Å². The van der Waals surface area contributed by atoms with Crippen molar-refractivity contribution in [3.8, 4) is 0 Å². The first-order chi connectivity index (χ1) is 5.24. The number of aliphatic hydroxyl groups excluding tert-OH is 1. The molecule has 1 N–H and O–H groups in total. The smallest absolute Gasteiger partial charge is 0.0763 e. The van der Waals surface area contributed by atoms with Gasteiger partial charge in [0.15, 0.2) is 0 Å². The lowest BCUT2D eigenvalue weighted by atomic mass is 10.0. The van der Waals surface area contributed by atoms with Gasteiger partial charge in [-0.3, -0.25) is 0 Å². The third kappa shape index (κ3) is 2.31. The van der Waals surface area contributed by atoms with Crippen LogP contribution in [-0.4, -0.2) is 23.9 Å². The maximum Gasteiger partial charge on any atom is 0.0763 e. The molecule has 0 radical (unpaired) electrons. The summed E-state index contributed by atoms with van der Waals surface area (Å²) in [6, 6.07) is 0. The topological polar surface area (TPSA) is 29.5 Å². The van der Waals surface area contributed by atoms with Crippen LogP contribution in [0.1, 0.15) is 20.3 Å². The Labute approximate surface area is 67.9 Å². The highest BCUT2D eigenvalue weighted by molar-refractivity contribution is 4.94. The first kappa shape index (κ1) is 8.75. The molecule has 2 unspecified atom stereocenters. The molecule has 1 rings (SSSR count). The van der Waals surface area contributed by atoms with E-state index in [9.17, 15) is 0 Å². The summed E-state index contributed by atoms with van der Waals surface area (Å²) >= 11 is 0. The van der Waals surface area contributed by atoms with Gasteiger partial charge in [0.25, 0.3) is 0 Å². The second-order valence-corrected chi connectivity index (χ2v) is 3.20. The summed E-state index contributed by atoms with van der Waals surface area (Å²) in [7, 11) is 0. The molecule has 0 amide bonds. The van der Waals surface area contributed by atoms with E-state index < -0.39 is 0 Å². The SMILES string of the molecule is CC1C[C@H](C=CCO)OC1C. The largest absolute Gasteiger partial charge is 0.392 e. The molecule has 0 aliphatic carbocycles. The zero-order valence-electron chi connectivity index (χ0n) is 7.16. The van der Waals surface area contributed by atoms with Crippen molar-refractivity contribution in [3.63, 3.8) is 0 Å². The summed E-state index contributed by atoms with van der Waals surface area (Å²) in [5.74, 6) is 0.642. The molecular formula is C9H16O2. The molecule has 2 nitrogen and oxygen atoms in total. The zero-order chi connectivity index (χ0) is 8.27. The molecule has 1 heterocycles. The lowest BCUT2D eigenvalue weighted by Crippen LogP contribution is -2.07. The van der Waals surface area contributed by atoms with Crippen LogP contribution in [0, 0.1) is 5.92 Å². The van der Waals surface area contributed by atoms with Gasteiger partial charge in [0.1, 0.15) is 0 Å². The van der Waals surface area contributed by atoms with Gasteiger partial charge in [-0.15, -0.1) is 0 Å². The predicted octanol–water partition coefficient (Wildman–Crippen LogP) is 1.35. The van der Waals surface area contributed by atoms with Gasteiger partial charge in [-0.25, -0.2) is 0 Å². The van der Waals surface area contributed by atoms with Crippen molar-refractivity contribution < 1.29 is 9.84 Å². The standard InChI is InChI=1S/C9H16O2/c1-7-6-9(4-3-5-10)11-8(7)2/h3-4,7-10H,5-6H2,1-2H3/t7?,8?,9-/m0/s1. The molecule has 0 bridgehead atoms. The zero-order valence-corrected chi connectivity index (χ0v) is 7.16. The van der Waals surface area contributed by atoms with Gasteiger partial charge in [-0.1, -0.05) is 19.1 Å². The summed E-state index contributed by atoms with van der Waals surface area (Å²) in [5, 5.41) is 8.52. The molecular weight excluding hydrogens is 140 g/mol. The minimum Gasteiger partial charge on any atom is -0.392 e. The van der Waals surface area contributed by atoms with Crippen molar-refractivity contribution in [2.24, 2.45) is 5.92 Å². The van der Waals surface area contributed by atoms with E-state index in [-0.39, 0.29) is 12.7 Å². The first-order valence-corrected chi connectivity index (χ1v) is 4.17. The maximum absolute atomic E-state index is 8.52. The second kappa shape index (κ2) is 3.88. The van der Waals surface area contributed by atoms with Crippen molar-refractivity contribution in [3.05, 3.63) is 12.2 Å². The highest BCUT2D eigenvalue weighted by Gasteiger charge is 2.26. The number of ether oxygens (including phenoxy) is 1. The summed E-state index contributed by atoms with van der Waals surface area (Å²) in [6.07, 6.45) is 5.36. The summed E-state index contributed by atoms with van der Waals surface area (Å²) in [6.45, 7) is 4.40. The van der Waals surface area contributed by atoms with E-state index in [0.29, 0.717) is 12.0 Å². The molecule has 3 atom stereocenters. The Morgan fingerprint density at radius 3 is 2.73 bits per heavy atom. The monoisotopic (exact) mass is 156 g/mol. The number of hydrogen-bond donors (Lipinski definition) is 1. The van der Waals surface area contributed by atoms with Crippen LogP contribution < -0.4 is 0 Å². The fraction of sp³-hybridized carbons (Fsp3) is 0.778. The Hall–Kier alpha value is -0.340. The van der Waals surface area contributed by atoms with E-state index in [1.54, 1.807) is 6.08 Å². The number of rotatable bonds is 2. The van der Waals surface area contributed by atoms with Gasteiger partial charge in [0.2, 0.25) is 0 Å². The lowest BCUT2D eigenvalue weighted by molar-refractivity contribution is 0.0721. The number of aliphatic hydroxyl groups is 1. The highest BCUT2D eigenvalue weighted by atomic mass is 16.5. The lowest BCUT2D eigenvalue weighted by Gasteiger charge is -2.06. The van der Waals surface area contributed by atoms with Crippen LogP contribution in [0.15, 0.2) is 12.2 Å². The molecule has 1 fully saturated rings. The van der Waals surface area contributed by atoms with Crippen molar-refractivity contribution in [1.82, 2.24) is 0 Å². The van der Waals surface area contributed by atoms with E-state index in [0.717, 1.165) is 6.42 Å². The van der Waals surface area contributed by atoms with Crippen LogP contribution in [0.25, 0.3) is 0 Å². The van der Waals surface area contributed by atoms with Crippen molar-refractivity contribution >= 4 is 0 Å². The molecule has 0 aromatic heterocycles. The van der Waals surface area contributed by atoms with Crippen molar-refractivity contribution in [2.45, 2.75) is 32.5 Å². The average molecular weight is 156 g/mol. The third-order valence-corrected chi connectivity index (χ3v) is 2.25. The summed E-state index contributed by atoms with van der Waals surface area (Å²) in [5.41, 5.74) is 0. The Kier molecular flexibility index (Phi) is 3.09. The highest BCUT2D eigenvalue weighted by Crippen LogP contribution is 2.25. The molecule has 1 aliphatic heterocycles. The molecule has 0 saturated carbocycles. The minimum absolute atomic E-state index is 0.114. The second-order valence-electron chi connectivity index (χ2n) is 3.20. The van der Waals surface area contributed by atoms with E-state index >= 15 is 0 Å². The van der Waals surface area contributed by atoms with Gasteiger partial charge >= 0.3 is 0 Å². The van der Waals surface area contributed by atoms with Crippen LogP contribution in [0.2, 0.25) is 0 Å². The molecule has 2 heteroatoms. The van der Waals surface area contributed by atoms with E-state index in [4.69, 9.17) is 9.84 Å². The third-order valence-electron chi connectivity index (χ3n) is 2.25. The van der Waals surface area contributed by atoms with Gasteiger partial charge in [-0.2, -0.15) is 0 Å². The van der Waals surface area contributed by atoms with Crippen LogP contribution in [0.3, 0.4) is 0 Å². The van der Waals surface area contributed by atoms with E-state index in [1.807, 2.05) is 6.08 Å². The molecule has 1 aliphatic rings. The summed E-state index contributed by atoms with van der Waals surface area (Å²) in [4.78, 5) is 0. The fourth-order valence-electron chi connectivity index (χ4n) is 1.36. The van der Waals surface area contributed by atoms with Gasteiger partial charge in [-0.05, 0) is 19.3 Å². The Morgan fingerprint density at radius 1 is 1.55 bits per heavy atom. The molecule has 0 aromatic rings. The van der Waals surface area contributed by atoms with Gasteiger partial charge in [0, 0.05) is 0 Å². The molecule has 1 saturated heterocycles. The van der Waals surface area contributed by atoms with E-state index in [1.165, 1.54) is 0 Å². The number of hydrogen-bond acceptors (Lipinski definition) is 2. The van der Waals surface area contributed by atoms with E-state index in [2.05, 4.69) is 13.8 Å².